The quantitative estimate of drug-likeness (QED) is 0.279. The summed E-state index contributed by atoms with van der Waals surface area (Å²) in [6, 6.07) is 29.9. The van der Waals surface area contributed by atoms with Crippen LogP contribution in [0.1, 0.15) is 16.1 Å². The van der Waals surface area contributed by atoms with Crippen LogP contribution in [0.15, 0.2) is 103 Å². The Morgan fingerprint density at radius 1 is 0.743 bits per heavy atom. The van der Waals surface area contributed by atoms with Gasteiger partial charge in [0.25, 0.3) is 5.91 Å². The molecule has 1 amide bonds. The van der Waals surface area contributed by atoms with Gasteiger partial charge in [-0.25, -0.2) is 4.98 Å². The van der Waals surface area contributed by atoms with E-state index in [4.69, 9.17) is 0 Å². The van der Waals surface area contributed by atoms with E-state index in [1.807, 2.05) is 72.8 Å². The van der Waals surface area contributed by atoms with E-state index in [-0.39, 0.29) is 5.91 Å². The van der Waals surface area contributed by atoms with Gasteiger partial charge in [0.2, 0.25) is 0 Å². The maximum absolute atomic E-state index is 12.9. The molecule has 5 aromatic rings. The zero-order valence-electron chi connectivity index (χ0n) is 18.6. The average molecular weight is 457 g/mol. The summed E-state index contributed by atoms with van der Waals surface area (Å²) in [6.07, 6.45) is 3.44. The van der Waals surface area contributed by atoms with Gasteiger partial charge in [0.1, 0.15) is 11.8 Å². The van der Waals surface area contributed by atoms with Gasteiger partial charge >= 0.3 is 0 Å². The molecule has 0 aliphatic carbocycles. The lowest BCUT2D eigenvalue weighted by Gasteiger charge is -2.11. The van der Waals surface area contributed by atoms with Gasteiger partial charge in [-0.3, -0.25) is 9.78 Å². The van der Waals surface area contributed by atoms with Crippen molar-refractivity contribution in [3.63, 3.8) is 0 Å². The Kier molecular flexibility index (Phi) is 6.01. The molecule has 35 heavy (non-hydrogen) atoms. The molecule has 0 radical (unpaired) electrons. The van der Waals surface area contributed by atoms with Crippen LogP contribution in [0.4, 0.5) is 28.4 Å². The number of anilines is 5. The highest BCUT2D eigenvalue weighted by molar-refractivity contribution is 6.05. The summed E-state index contributed by atoms with van der Waals surface area (Å²) in [6.45, 7) is 0. The molecule has 2 heterocycles. The molecule has 0 spiro atoms. The molecule has 2 aromatic heterocycles. The lowest BCUT2D eigenvalue weighted by molar-refractivity contribution is 0.102. The molecular weight excluding hydrogens is 436 g/mol. The molecule has 3 aromatic carbocycles. The highest BCUT2D eigenvalue weighted by Crippen LogP contribution is 2.26. The molecule has 5 rings (SSSR count). The van der Waals surface area contributed by atoms with Gasteiger partial charge in [-0.2, -0.15) is 5.26 Å². The predicted octanol–water partition coefficient (Wildman–Crippen LogP) is 6.24. The highest BCUT2D eigenvalue weighted by atomic mass is 16.1. The summed E-state index contributed by atoms with van der Waals surface area (Å²) in [5.41, 5.74) is 5.59. The first kappa shape index (κ1) is 21.6. The number of amides is 1. The average Bonchev–Trinajstić information content (AvgIpc) is 2.90. The minimum Gasteiger partial charge on any atom is -0.355 e. The first-order chi connectivity index (χ1) is 17.2. The first-order valence-electron chi connectivity index (χ1n) is 10.9. The van der Waals surface area contributed by atoms with Crippen molar-refractivity contribution in [3.8, 4) is 6.07 Å². The fourth-order valence-electron chi connectivity index (χ4n) is 3.65. The highest BCUT2D eigenvalue weighted by Gasteiger charge is 2.09. The minimum absolute atomic E-state index is 0.216. The van der Waals surface area contributed by atoms with Crippen LogP contribution in [0.5, 0.6) is 0 Å². The second kappa shape index (κ2) is 9.73. The Morgan fingerprint density at radius 2 is 1.49 bits per heavy atom. The molecule has 0 aliphatic heterocycles. The number of para-hydroxylation sites is 1. The fraction of sp³-hybridized carbons (Fsp3) is 0. The third kappa shape index (κ3) is 5.07. The smallest absolute Gasteiger partial charge is 0.255 e. The normalized spacial score (nSPS) is 10.4. The van der Waals surface area contributed by atoms with Gasteiger partial charge < -0.3 is 16.0 Å². The molecule has 3 N–H and O–H groups in total. The number of nitrogens with one attached hydrogen (secondary N) is 3. The van der Waals surface area contributed by atoms with Crippen molar-refractivity contribution in [1.82, 2.24) is 9.97 Å². The molecule has 7 nitrogen and oxygen atoms in total. The molecule has 0 unspecified atom stereocenters. The lowest BCUT2D eigenvalue weighted by atomic mass is 10.1. The number of aromatic nitrogens is 2. The molecule has 0 saturated carbocycles. The largest absolute Gasteiger partial charge is 0.355 e. The predicted molar refractivity (Wildman–Crippen MR) is 138 cm³/mol. The zero-order chi connectivity index (χ0) is 24.0. The molecule has 0 atom stereocenters. The van der Waals surface area contributed by atoms with Gasteiger partial charge in [-0.15, -0.1) is 0 Å². The van der Waals surface area contributed by atoms with Crippen LogP contribution >= 0.6 is 0 Å². The van der Waals surface area contributed by atoms with Crippen LogP contribution in [-0.4, -0.2) is 15.9 Å². The maximum Gasteiger partial charge on any atom is 0.255 e. The SMILES string of the molecule is N#Cc1ccc2cccc(Nc3cccc(C(=O)Nc4ccc(Nc5ccncc5)cc4)c3)c2n1. The number of fused-ring (bicyclic) bond motifs is 1. The molecule has 7 heteroatoms. The van der Waals surface area contributed by atoms with Crippen molar-refractivity contribution < 1.29 is 4.79 Å². The van der Waals surface area contributed by atoms with E-state index in [1.54, 1.807) is 30.6 Å². The van der Waals surface area contributed by atoms with E-state index in [9.17, 15) is 10.1 Å². The van der Waals surface area contributed by atoms with Crippen LogP contribution in [0.3, 0.4) is 0 Å². The van der Waals surface area contributed by atoms with Crippen LogP contribution < -0.4 is 16.0 Å². The van der Waals surface area contributed by atoms with Crippen molar-refractivity contribution >= 4 is 45.2 Å². The third-order valence-corrected chi connectivity index (χ3v) is 5.35. The van der Waals surface area contributed by atoms with Crippen molar-refractivity contribution in [3.05, 3.63) is 115 Å². The first-order valence-corrected chi connectivity index (χ1v) is 10.9. The number of pyridine rings is 2. The van der Waals surface area contributed by atoms with Crippen molar-refractivity contribution in [2.45, 2.75) is 0 Å². The summed E-state index contributed by atoms with van der Waals surface area (Å²) in [4.78, 5) is 21.3. The number of benzene rings is 3. The summed E-state index contributed by atoms with van der Waals surface area (Å²) < 4.78 is 0. The number of nitriles is 1. The minimum atomic E-state index is -0.216. The molecule has 0 saturated heterocycles. The van der Waals surface area contributed by atoms with Crippen LogP contribution in [0, 0.1) is 11.3 Å². The monoisotopic (exact) mass is 456 g/mol. The maximum atomic E-state index is 12.9. The van der Waals surface area contributed by atoms with Gasteiger partial charge in [0, 0.05) is 46.1 Å². The van der Waals surface area contributed by atoms with Gasteiger partial charge in [-0.05, 0) is 72.8 Å². The Balaban J connectivity index is 1.30. The number of nitrogens with zero attached hydrogens (tertiary/aromatic N) is 3. The van der Waals surface area contributed by atoms with Crippen LogP contribution in [-0.2, 0) is 0 Å². The summed E-state index contributed by atoms with van der Waals surface area (Å²) >= 11 is 0. The van der Waals surface area contributed by atoms with Crippen molar-refractivity contribution in [2.24, 2.45) is 0 Å². The summed E-state index contributed by atoms with van der Waals surface area (Å²) in [5.74, 6) is -0.216. The Labute approximate surface area is 202 Å². The van der Waals surface area contributed by atoms with E-state index in [0.717, 1.165) is 28.1 Å². The van der Waals surface area contributed by atoms with E-state index in [1.165, 1.54) is 0 Å². The number of carbonyl (C=O) groups is 1. The molecule has 0 aliphatic rings. The van der Waals surface area contributed by atoms with E-state index >= 15 is 0 Å². The fourth-order valence-corrected chi connectivity index (χ4v) is 3.65. The number of hydrogen-bond acceptors (Lipinski definition) is 6. The van der Waals surface area contributed by atoms with E-state index in [0.29, 0.717) is 22.5 Å². The molecule has 168 valence electrons. The zero-order valence-corrected chi connectivity index (χ0v) is 18.6. The van der Waals surface area contributed by atoms with Crippen LogP contribution in [0.2, 0.25) is 0 Å². The van der Waals surface area contributed by atoms with E-state index < -0.39 is 0 Å². The van der Waals surface area contributed by atoms with Crippen molar-refractivity contribution in [1.29, 1.82) is 5.26 Å². The Morgan fingerprint density at radius 3 is 2.29 bits per heavy atom. The third-order valence-electron chi connectivity index (χ3n) is 5.35. The van der Waals surface area contributed by atoms with E-state index in [2.05, 4.69) is 32.0 Å². The number of rotatable bonds is 6. The number of hydrogen-bond donors (Lipinski definition) is 3. The second-order valence-corrected chi connectivity index (χ2v) is 7.78. The lowest BCUT2D eigenvalue weighted by Crippen LogP contribution is -2.12. The standard InChI is InChI=1S/C28H20N6O/c29-18-25-8-7-19-3-2-6-26(27(19)33-25)32-24-5-1-4-20(17-24)28(35)34-22-11-9-21(10-12-22)31-23-13-15-30-16-14-23/h1-17,32H,(H,30,31)(H,34,35). The Bertz CT molecular complexity index is 1540. The molecule has 0 bridgehead atoms. The van der Waals surface area contributed by atoms with Crippen LogP contribution in [0.25, 0.3) is 10.9 Å². The second-order valence-electron chi connectivity index (χ2n) is 7.78. The topological polar surface area (TPSA) is 103 Å². The molecular formula is C28H20N6O. The van der Waals surface area contributed by atoms with Gasteiger partial charge in [0.05, 0.1) is 11.2 Å². The summed E-state index contributed by atoms with van der Waals surface area (Å²) in [7, 11) is 0. The Hall–Kier alpha value is -5.22. The molecule has 0 fully saturated rings. The number of carbonyl (C=O) groups excluding carboxylic acids is 1. The summed E-state index contributed by atoms with van der Waals surface area (Å²) in [5, 5.41) is 19.7. The van der Waals surface area contributed by atoms with Crippen molar-refractivity contribution in [2.75, 3.05) is 16.0 Å². The van der Waals surface area contributed by atoms with Gasteiger partial charge in [0.15, 0.2) is 0 Å². The van der Waals surface area contributed by atoms with Gasteiger partial charge in [-0.1, -0.05) is 18.2 Å².